The van der Waals surface area contributed by atoms with Gasteiger partial charge in [-0.1, -0.05) is 13.8 Å². The van der Waals surface area contributed by atoms with Crippen LogP contribution in [-0.2, 0) is 8.85 Å². The van der Waals surface area contributed by atoms with E-state index < -0.39 is 30.6 Å². The molecule has 0 radical (unpaired) electrons. The largest absolute Gasteiger partial charge is 0.519 e. The molecular formula is C32H58O5Si3. The van der Waals surface area contributed by atoms with Crippen molar-refractivity contribution in [1.82, 2.24) is 0 Å². The summed E-state index contributed by atoms with van der Waals surface area (Å²) in [6.45, 7) is 25.4. The molecule has 0 aromatic carbocycles. The van der Waals surface area contributed by atoms with E-state index in [1.54, 1.807) is 0 Å². The van der Waals surface area contributed by atoms with Crippen LogP contribution in [0.15, 0.2) is 16.7 Å². The summed E-state index contributed by atoms with van der Waals surface area (Å²) in [5, 5.41) is 13.0. The van der Waals surface area contributed by atoms with Crippen LogP contribution < -0.4 is 4.43 Å². The van der Waals surface area contributed by atoms with E-state index in [-0.39, 0.29) is 22.9 Å². The predicted molar refractivity (Wildman–Crippen MR) is 170 cm³/mol. The van der Waals surface area contributed by atoms with Gasteiger partial charge in [0.05, 0.1) is 18.0 Å². The summed E-state index contributed by atoms with van der Waals surface area (Å²) in [5.74, 6) is 2.33. The Balaban J connectivity index is 1.48. The quantitative estimate of drug-likeness (QED) is 0.314. The molecule has 0 bridgehead atoms. The number of hydrogen-bond donors (Lipinski definition) is 1. The highest BCUT2D eigenvalue weighted by atomic mass is 28.4. The van der Waals surface area contributed by atoms with Gasteiger partial charge in [0.15, 0.2) is 16.6 Å². The van der Waals surface area contributed by atoms with Crippen LogP contribution in [0.1, 0.15) is 76.7 Å². The molecule has 4 aliphatic carbocycles. The fourth-order valence-corrected chi connectivity index (χ4v) is 12.9. The van der Waals surface area contributed by atoms with E-state index in [1.807, 2.05) is 6.26 Å². The molecule has 9 atom stereocenters. The Kier molecular flexibility index (Phi) is 7.82. The van der Waals surface area contributed by atoms with Gasteiger partial charge in [0.25, 0.3) is 5.95 Å². The molecule has 1 heterocycles. The fourth-order valence-electron chi connectivity index (χ4n) is 9.75. The van der Waals surface area contributed by atoms with Crippen molar-refractivity contribution in [3.05, 3.63) is 17.9 Å². The Bertz CT molecular complexity index is 1070. The Morgan fingerprint density at radius 1 is 0.800 bits per heavy atom. The molecule has 9 unspecified atom stereocenters. The Hall–Kier alpha value is -0.389. The first-order valence-corrected chi connectivity index (χ1v) is 26.3. The number of hydrogen-bond acceptors (Lipinski definition) is 5. The highest BCUT2D eigenvalue weighted by Crippen LogP contribution is 2.71. The van der Waals surface area contributed by atoms with Crippen molar-refractivity contribution >= 4 is 25.0 Å². The molecule has 4 fully saturated rings. The van der Waals surface area contributed by atoms with Crippen molar-refractivity contribution in [1.29, 1.82) is 0 Å². The number of furan rings is 1. The standard InChI is InChI=1S/C32H58O5Si3/c1-30-16-14-24(35-38(3,4)5)19-23(30)12-13-26-27(30)20-28(36-39(6,7)8)31(2)25(15-17-32(26,31)33)22-18-29(34-21-22)37-40(9,10)11/h18,21,23-28,33H,12-17,19-20H2,1-11H3. The molecule has 8 heteroatoms. The third kappa shape index (κ3) is 5.51. The van der Waals surface area contributed by atoms with E-state index >= 15 is 0 Å². The normalized spacial score (nSPS) is 42.2. The summed E-state index contributed by atoms with van der Waals surface area (Å²) in [7, 11) is -5.21. The average Bonchev–Trinajstić information content (AvgIpc) is 3.33. The van der Waals surface area contributed by atoms with E-state index in [0.717, 1.165) is 32.1 Å². The number of rotatable bonds is 7. The summed E-state index contributed by atoms with van der Waals surface area (Å²) < 4.78 is 26.0. The molecule has 5 rings (SSSR count). The van der Waals surface area contributed by atoms with Gasteiger partial charge in [0.1, 0.15) is 0 Å². The lowest BCUT2D eigenvalue weighted by atomic mass is 9.42. The van der Waals surface area contributed by atoms with Gasteiger partial charge in [-0.3, -0.25) is 0 Å². The second kappa shape index (κ2) is 10.1. The summed E-state index contributed by atoms with van der Waals surface area (Å²) in [6.07, 6.45) is 11.1. The SMILES string of the molecule is CC12CCC(O[Si](C)(C)C)CC1CCC1C2CC(O[Si](C)(C)C)C2(C)C(c3coc(O[Si](C)(C)C)c3)CCC12O. The van der Waals surface area contributed by atoms with Crippen LogP contribution in [0, 0.1) is 28.6 Å². The minimum Gasteiger partial charge on any atom is -0.519 e. The zero-order valence-corrected chi connectivity index (χ0v) is 30.4. The highest BCUT2D eigenvalue weighted by Gasteiger charge is 2.71. The molecule has 0 spiro atoms. The molecule has 4 aliphatic rings. The van der Waals surface area contributed by atoms with Crippen molar-refractivity contribution in [3.8, 4) is 5.95 Å². The molecule has 0 saturated heterocycles. The van der Waals surface area contributed by atoms with Crippen molar-refractivity contribution in [2.24, 2.45) is 28.6 Å². The van der Waals surface area contributed by atoms with Crippen LogP contribution in [0.4, 0.5) is 0 Å². The van der Waals surface area contributed by atoms with E-state index in [4.69, 9.17) is 17.7 Å². The average molecular weight is 607 g/mol. The van der Waals surface area contributed by atoms with Crippen molar-refractivity contribution in [2.75, 3.05) is 0 Å². The summed E-state index contributed by atoms with van der Waals surface area (Å²) in [5.41, 5.74) is 0.336. The smallest absolute Gasteiger partial charge is 0.270 e. The van der Waals surface area contributed by atoms with Gasteiger partial charge in [-0.15, -0.1) is 0 Å². The van der Waals surface area contributed by atoms with Crippen molar-refractivity contribution in [2.45, 2.75) is 148 Å². The first-order valence-electron chi connectivity index (χ1n) is 16.1. The molecule has 1 aromatic rings. The lowest BCUT2D eigenvalue weighted by Crippen LogP contribution is -2.67. The van der Waals surface area contributed by atoms with Crippen LogP contribution in [0.3, 0.4) is 0 Å². The van der Waals surface area contributed by atoms with Gasteiger partial charge in [-0.2, -0.15) is 0 Å². The lowest BCUT2D eigenvalue weighted by Gasteiger charge is -2.66. The molecule has 228 valence electrons. The zero-order chi connectivity index (χ0) is 29.5. The van der Waals surface area contributed by atoms with Gasteiger partial charge in [-0.05, 0) is 145 Å². The fraction of sp³-hybridized carbons (Fsp3) is 0.875. The van der Waals surface area contributed by atoms with Crippen LogP contribution in [-0.4, -0.2) is 47.9 Å². The summed E-state index contributed by atoms with van der Waals surface area (Å²) >= 11 is 0. The Morgan fingerprint density at radius 3 is 2.10 bits per heavy atom. The van der Waals surface area contributed by atoms with Gasteiger partial charge in [-0.25, -0.2) is 0 Å². The van der Waals surface area contributed by atoms with Crippen LogP contribution in [0.25, 0.3) is 0 Å². The molecule has 5 nitrogen and oxygen atoms in total. The first-order chi connectivity index (χ1) is 18.3. The van der Waals surface area contributed by atoms with Crippen LogP contribution in [0.5, 0.6) is 5.95 Å². The number of aliphatic hydroxyl groups is 1. The summed E-state index contributed by atoms with van der Waals surface area (Å²) in [6, 6.07) is 2.12. The lowest BCUT2D eigenvalue weighted by molar-refractivity contribution is -0.237. The van der Waals surface area contributed by atoms with E-state index in [1.165, 1.54) is 24.8 Å². The summed E-state index contributed by atoms with van der Waals surface area (Å²) in [4.78, 5) is 0. The monoisotopic (exact) mass is 606 g/mol. The minimum absolute atomic E-state index is 0.0423. The zero-order valence-electron chi connectivity index (χ0n) is 27.4. The maximum Gasteiger partial charge on any atom is 0.270 e. The maximum absolute atomic E-state index is 13.0. The van der Waals surface area contributed by atoms with E-state index in [9.17, 15) is 5.11 Å². The van der Waals surface area contributed by atoms with E-state index in [0.29, 0.717) is 29.8 Å². The van der Waals surface area contributed by atoms with Crippen molar-refractivity contribution in [3.63, 3.8) is 0 Å². The first kappa shape index (κ1) is 31.0. The predicted octanol–water partition coefficient (Wildman–Crippen LogP) is 8.78. The second-order valence-corrected chi connectivity index (χ2v) is 30.6. The molecule has 0 aliphatic heterocycles. The molecular weight excluding hydrogens is 549 g/mol. The minimum atomic E-state index is -1.87. The molecule has 0 amide bonds. The topological polar surface area (TPSA) is 61.1 Å². The maximum atomic E-state index is 13.0. The number of fused-ring (bicyclic) bond motifs is 5. The molecule has 4 saturated carbocycles. The van der Waals surface area contributed by atoms with E-state index in [2.05, 4.69) is 78.8 Å². The Morgan fingerprint density at radius 2 is 1.48 bits per heavy atom. The second-order valence-electron chi connectivity index (χ2n) is 17.3. The van der Waals surface area contributed by atoms with Gasteiger partial charge < -0.3 is 22.8 Å². The molecule has 1 N–H and O–H groups in total. The van der Waals surface area contributed by atoms with Crippen molar-refractivity contribution < 1.29 is 22.8 Å². The third-order valence-corrected chi connectivity index (χ3v) is 14.1. The Labute approximate surface area is 247 Å². The third-order valence-electron chi connectivity index (χ3n) is 11.3. The molecule has 40 heavy (non-hydrogen) atoms. The highest BCUT2D eigenvalue weighted by molar-refractivity contribution is 6.70. The van der Waals surface area contributed by atoms with Gasteiger partial charge in [0.2, 0.25) is 8.32 Å². The van der Waals surface area contributed by atoms with Gasteiger partial charge in [0, 0.05) is 17.6 Å². The van der Waals surface area contributed by atoms with Gasteiger partial charge >= 0.3 is 0 Å². The van der Waals surface area contributed by atoms with Crippen LogP contribution >= 0.6 is 0 Å². The van der Waals surface area contributed by atoms with Crippen LogP contribution in [0.2, 0.25) is 58.9 Å². The molecule has 1 aromatic heterocycles.